The minimum absolute atomic E-state index is 0.0727. The van der Waals surface area contributed by atoms with Crippen LogP contribution >= 0.6 is 0 Å². The third-order valence-electron chi connectivity index (χ3n) is 13.5. The molecule has 22 heteroatoms. The number of hydrogen-bond acceptors (Lipinski definition) is 12. The second kappa shape index (κ2) is 26.9. The third kappa shape index (κ3) is 15.6. The first-order valence-electron chi connectivity index (χ1n) is 26.6. The number of pyridine rings is 2. The Bertz CT molecular complexity index is 3430. The van der Waals surface area contributed by atoms with Crippen LogP contribution in [0.1, 0.15) is 81.4 Å². The number of H-pyrrole nitrogens is 1. The number of imidazole rings is 1. The molecule has 0 spiro atoms. The summed E-state index contributed by atoms with van der Waals surface area (Å²) in [6.45, 7) is 5.47. The third-order valence-corrected chi connectivity index (χ3v) is 13.5. The molecule has 4 aromatic heterocycles. The zero-order valence-corrected chi connectivity index (χ0v) is 45.0. The molecule has 0 unspecified atom stereocenters. The first-order valence-corrected chi connectivity index (χ1v) is 26.6. The summed E-state index contributed by atoms with van der Waals surface area (Å²) < 4.78 is 36.8. The number of nitrogens with two attached hydrogens (primary N) is 1. The molecule has 0 saturated heterocycles. The van der Waals surface area contributed by atoms with Gasteiger partial charge in [0.05, 0.1) is 36.2 Å². The fourth-order valence-corrected chi connectivity index (χ4v) is 9.42. The molecule has 6 N–H and O–H groups in total. The van der Waals surface area contributed by atoms with E-state index in [0.29, 0.717) is 82.2 Å². The van der Waals surface area contributed by atoms with E-state index in [-0.39, 0.29) is 87.0 Å². The largest absolute Gasteiger partial charge is 0.445 e. The number of ketones is 1. The second-order valence-corrected chi connectivity index (χ2v) is 20.0. The molecular weight excluding hydrogens is 1040 g/mol. The van der Waals surface area contributed by atoms with Crippen LogP contribution in [0.25, 0.3) is 39.4 Å². The Kier molecular flexibility index (Phi) is 19.2. The van der Waals surface area contributed by atoms with Crippen molar-refractivity contribution in [2.75, 3.05) is 18.4 Å². The highest BCUT2D eigenvalue weighted by Gasteiger charge is 2.30. The number of Topliss-reactive ketones (excluding diaryl/α,β-unsaturated/α-hetero) is 1. The summed E-state index contributed by atoms with van der Waals surface area (Å²) >= 11 is 0. The predicted octanol–water partition coefficient (Wildman–Crippen LogP) is 8.36. The van der Waals surface area contributed by atoms with Crippen LogP contribution in [0, 0.1) is 30.4 Å². The first-order chi connectivity index (χ1) is 39.0. The fourth-order valence-electron chi connectivity index (χ4n) is 9.42. The lowest BCUT2D eigenvalue weighted by Gasteiger charge is -2.24. The van der Waals surface area contributed by atoms with E-state index in [1.807, 2.05) is 37.3 Å². The maximum atomic E-state index is 14.6. The van der Waals surface area contributed by atoms with E-state index < -0.39 is 41.6 Å². The minimum Gasteiger partial charge on any atom is -0.445 e. The summed E-state index contributed by atoms with van der Waals surface area (Å²) in [5.41, 5.74) is 11.3. The van der Waals surface area contributed by atoms with Crippen LogP contribution in [0.3, 0.4) is 0 Å². The molecule has 20 nitrogen and oxygen atoms in total. The van der Waals surface area contributed by atoms with Crippen molar-refractivity contribution >= 4 is 52.9 Å². The number of fused-ring (bicyclic) bond motifs is 1. The normalized spacial score (nSPS) is 12.9. The molecule has 0 saturated carbocycles. The van der Waals surface area contributed by atoms with Gasteiger partial charge in [0.25, 0.3) is 11.8 Å². The number of anilines is 1. The number of aromatic amines is 1. The molecule has 0 aliphatic carbocycles. The zero-order valence-electron chi connectivity index (χ0n) is 45.0. The highest BCUT2D eigenvalue weighted by Crippen LogP contribution is 2.32. The number of rotatable bonds is 26. The smallest absolute Gasteiger partial charge is 0.410 e. The van der Waals surface area contributed by atoms with Gasteiger partial charge in [0, 0.05) is 73.2 Å². The Labute approximate surface area is 465 Å². The van der Waals surface area contributed by atoms with Gasteiger partial charge in [-0.25, -0.2) is 32.9 Å². The number of carbonyl (C=O) groups excluding carboxylic acids is 7. The van der Waals surface area contributed by atoms with E-state index in [1.165, 1.54) is 35.5 Å². The van der Waals surface area contributed by atoms with Crippen LogP contribution < -0.4 is 21.7 Å². The monoisotopic (exact) mass is 1100 g/mol. The minimum atomic E-state index is -0.889. The number of unbranched alkanes of at least 4 members (excludes halogenated alkanes) is 2. The maximum absolute atomic E-state index is 14.6. The molecule has 5 heterocycles. The van der Waals surface area contributed by atoms with Crippen molar-refractivity contribution in [1.82, 2.24) is 50.0 Å². The molecule has 1 aliphatic rings. The van der Waals surface area contributed by atoms with Gasteiger partial charge < -0.3 is 31.4 Å². The summed E-state index contributed by atoms with van der Waals surface area (Å²) in [5, 5.41) is 12.5. The number of benzene rings is 3. The van der Waals surface area contributed by atoms with Crippen molar-refractivity contribution in [3.05, 3.63) is 156 Å². The number of nitrogens with one attached hydrogen (secondary N) is 4. The standard InChI is InChI=1S/C59H62F2N12O8/c1-36(2)54(70-51(75)16-5-4-8-26-72-52(76)23-24-53(72)77)48(74)29-39(13-10-25-63-58(62)79)57(78)67-45-20-17-38(18-21-45)34-81-59(80)71(31-40-12-6-7-14-46(40)42-27-43(60)30-44(61)28-42)33-49-68-55(41-19-22-50-64-35-65-73(50)32-41)56(69-49)47-15-9-11-37(3)66-47/h6-7,9,11-12,14-15,17-24,27-28,30,32,35-36,39,54H,4-5,8,10,13,16,25-26,29,31,33-34H2,1-3H3,(H,67,78)(H,68,69)(H,70,75)(H3,62,63,79)/t39-,54+/m1/s1. The molecule has 7 aromatic rings. The van der Waals surface area contributed by atoms with Gasteiger partial charge in [0.1, 0.15) is 30.4 Å². The number of carbonyl (C=O) groups is 7. The Morgan fingerprint density at radius 1 is 0.827 bits per heavy atom. The zero-order chi connectivity index (χ0) is 57.6. The highest BCUT2D eigenvalue weighted by molar-refractivity contribution is 6.12. The summed E-state index contributed by atoms with van der Waals surface area (Å²) in [6, 6.07) is 24.4. The molecule has 3 aromatic carbocycles. The molecule has 420 valence electrons. The number of aryl methyl sites for hydroxylation is 1. The lowest BCUT2D eigenvalue weighted by molar-refractivity contribution is -0.137. The molecule has 7 amide bonds. The number of primary amides is 1. The summed E-state index contributed by atoms with van der Waals surface area (Å²) in [5.74, 6) is -4.22. The summed E-state index contributed by atoms with van der Waals surface area (Å²) in [4.78, 5) is 110. The number of aromatic nitrogens is 6. The second-order valence-electron chi connectivity index (χ2n) is 20.0. The van der Waals surface area contributed by atoms with Gasteiger partial charge in [0.15, 0.2) is 11.4 Å². The molecule has 81 heavy (non-hydrogen) atoms. The Hall–Kier alpha value is -9.47. The van der Waals surface area contributed by atoms with E-state index in [2.05, 4.69) is 31.0 Å². The van der Waals surface area contributed by atoms with Crippen LogP contribution in [-0.4, -0.2) is 100 Å². The average Bonchev–Trinajstić information content (AvgIpc) is 4.26. The van der Waals surface area contributed by atoms with Gasteiger partial charge in [-0.3, -0.25) is 38.8 Å². The van der Waals surface area contributed by atoms with Crippen LogP contribution in [0.4, 0.5) is 24.1 Å². The van der Waals surface area contributed by atoms with Crippen LogP contribution in [-0.2, 0) is 48.4 Å². The molecular formula is C59H62F2N12O8. The first kappa shape index (κ1) is 57.7. The summed E-state index contributed by atoms with van der Waals surface area (Å²) in [6.07, 6.45) is 6.91. The molecule has 2 atom stereocenters. The number of ether oxygens (including phenoxy) is 1. The van der Waals surface area contributed by atoms with Gasteiger partial charge in [-0.15, -0.1) is 0 Å². The van der Waals surface area contributed by atoms with E-state index in [4.69, 9.17) is 20.4 Å². The van der Waals surface area contributed by atoms with Crippen LogP contribution in [0.2, 0.25) is 0 Å². The molecule has 1 aliphatic heterocycles. The number of halogens is 2. The van der Waals surface area contributed by atoms with Gasteiger partial charge in [-0.2, -0.15) is 5.10 Å². The number of hydrogen-bond donors (Lipinski definition) is 5. The average molecular weight is 1110 g/mol. The van der Waals surface area contributed by atoms with E-state index >= 15 is 0 Å². The molecule has 0 fully saturated rings. The molecule has 0 radical (unpaired) electrons. The number of imide groups is 1. The van der Waals surface area contributed by atoms with Crippen LogP contribution in [0.5, 0.6) is 0 Å². The van der Waals surface area contributed by atoms with Crippen LogP contribution in [0.15, 0.2) is 122 Å². The Balaban J connectivity index is 0.954. The SMILES string of the molecule is Cc1cccc(-c2[nH]c(CN(Cc3ccccc3-c3cc(F)cc(F)c3)C(=O)OCc3ccc(NC(=O)[C@H](CCCNC(N)=O)CC(=O)[C@@H](NC(=O)CCCCCN4C(=O)C=CC4=O)C(C)C)cc3)nc2-c2ccc3ncnn3c2)n1. The van der Waals surface area contributed by atoms with E-state index in [1.54, 1.807) is 73.1 Å². The van der Waals surface area contributed by atoms with Crippen molar-refractivity contribution in [3.63, 3.8) is 0 Å². The highest BCUT2D eigenvalue weighted by atomic mass is 19.1. The molecule has 0 bridgehead atoms. The van der Waals surface area contributed by atoms with Crippen molar-refractivity contribution in [3.8, 4) is 33.8 Å². The Morgan fingerprint density at radius 3 is 2.31 bits per heavy atom. The van der Waals surface area contributed by atoms with Crippen molar-refractivity contribution in [2.45, 2.75) is 91.5 Å². The van der Waals surface area contributed by atoms with Gasteiger partial charge >= 0.3 is 12.1 Å². The van der Waals surface area contributed by atoms with Crippen molar-refractivity contribution in [1.29, 1.82) is 0 Å². The van der Waals surface area contributed by atoms with Gasteiger partial charge in [-0.05, 0) is 109 Å². The van der Waals surface area contributed by atoms with Crippen molar-refractivity contribution in [2.24, 2.45) is 17.6 Å². The number of urea groups is 1. The van der Waals surface area contributed by atoms with Gasteiger partial charge in [-0.1, -0.05) is 62.7 Å². The number of amides is 7. The fraction of sp³-hybridized carbons (Fsp3) is 0.305. The lowest BCUT2D eigenvalue weighted by Crippen LogP contribution is -2.45. The molecule has 8 rings (SSSR count). The van der Waals surface area contributed by atoms with Gasteiger partial charge in [0.2, 0.25) is 11.8 Å². The summed E-state index contributed by atoms with van der Waals surface area (Å²) in [7, 11) is 0. The van der Waals surface area contributed by atoms with E-state index in [0.717, 1.165) is 16.7 Å². The number of nitrogens with zero attached hydrogens (tertiary/aromatic N) is 7. The topological polar surface area (TPSA) is 269 Å². The van der Waals surface area contributed by atoms with Crippen molar-refractivity contribution < 1.29 is 47.1 Å². The predicted molar refractivity (Wildman–Crippen MR) is 296 cm³/mol. The lowest BCUT2D eigenvalue weighted by atomic mass is 9.89. The Morgan fingerprint density at radius 2 is 1.58 bits per heavy atom. The van der Waals surface area contributed by atoms with E-state index in [9.17, 15) is 42.3 Å². The quantitative estimate of drug-likeness (QED) is 0.0253. The maximum Gasteiger partial charge on any atom is 0.410 e.